The van der Waals surface area contributed by atoms with E-state index in [2.05, 4.69) is 0 Å². The van der Waals surface area contributed by atoms with Crippen LogP contribution in [0.15, 0.2) is 66.7 Å². The molecule has 1 unspecified atom stereocenters. The maximum atomic E-state index is 12.8. The predicted molar refractivity (Wildman–Crippen MR) is 111 cm³/mol. The molecule has 0 aromatic heterocycles. The van der Waals surface area contributed by atoms with Gasteiger partial charge in [0.05, 0.1) is 10.6 Å². The first kappa shape index (κ1) is 17.2. The van der Waals surface area contributed by atoms with Crippen LogP contribution in [0.1, 0.15) is 27.0 Å². The number of benzene rings is 4. The lowest BCUT2D eigenvalue weighted by molar-refractivity contribution is 0.0225. The van der Waals surface area contributed by atoms with E-state index < -0.39 is 11.6 Å². The van der Waals surface area contributed by atoms with E-state index in [9.17, 15) is 15.0 Å². The topological polar surface area (TPSA) is 76.0 Å². The summed E-state index contributed by atoms with van der Waals surface area (Å²) in [6.45, 7) is 0. The highest BCUT2D eigenvalue weighted by molar-refractivity contribution is 6.33. The van der Waals surface area contributed by atoms with E-state index in [1.807, 2.05) is 24.3 Å². The van der Waals surface area contributed by atoms with Crippen molar-refractivity contribution in [1.82, 2.24) is 0 Å². The van der Waals surface area contributed by atoms with Gasteiger partial charge in [-0.1, -0.05) is 35.9 Å². The maximum absolute atomic E-state index is 12.8. The number of fused-ring (bicyclic) bond motifs is 8. The van der Waals surface area contributed by atoms with Gasteiger partial charge in [-0.05, 0) is 41.8 Å². The summed E-state index contributed by atoms with van der Waals surface area (Å²) in [4.78, 5) is 12.8. The monoisotopic (exact) mass is 416 g/mol. The van der Waals surface area contributed by atoms with Crippen molar-refractivity contribution >= 4 is 28.3 Å². The fourth-order valence-corrected chi connectivity index (χ4v) is 4.62. The first-order valence-electron chi connectivity index (χ1n) is 9.29. The van der Waals surface area contributed by atoms with Gasteiger partial charge in [0.25, 0.3) is 0 Å². The van der Waals surface area contributed by atoms with Gasteiger partial charge >= 0.3 is 5.97 Å². The molecule has 2 aliphatic rings. The fourth-order valence-electron chi connectivity index (χ4n) is 4.45. The zero-order valence-electron chi connectivity index (χ0n) is 15.3. The second-order valence-electron chi connectivity index (χ2n) is 7.37. The average Bonchev–Trinajstić information content (AvgIpc) is 3.02. The largest absolute Gasteiger partial charge is 0.508 e. The first-order chi connectivity index (χ1) is 14.5. The zero-order valence-corrected chi connectivity index (χ0v) is 16.1. The van der Waals surface area contributed by atoms with Crippen molar-refractivity contribution in [2.75, 3.05) is 0 Å². The van der Waals surface area contributed by atoms with Crippen LogP contribution in [0.5, 0.6) is 23.0 Å². The molecule has 2 N–H and O–H groups in total. The van der Waals surface area contributed by atoms with Crippen LogP contribution in [0, 0.1) is 0 Å². The Morgan fingerprint density at radius 2 is 1.67 bits per heavy atom. The summed E-state index contributed by atoms with van der Waals surface area (Å²) in [7, 11) is 0. The molecule has 30 heavy (non-hydrogen) atoms. The summed E-state index contributed by atoms with van der Waals surface area (Å²) in [5.41, 5.74) is 1.23. The molecule has 0 saturated carbocycles. The van der Waals surface area contributed by atoms with Crippen molar-refractivity contribution < 1.29 is 24.5 Å². The Labute approximate surface area is 175 Å². The van der Waals surface area contributed by atoms with Crippen LogP contribution in [0.3, 0.4) is 0 Å². The number of hydrogen-bond acceptors (Lipinski definition) is 5. The minimum Gasteiger partial charge on any atom is -0.508 e. The number of phenolic OH excluding ortho intramolecular Hbond substituents is 2. The van der Waals surface area contributed by atoms with Crippen molar-refractivity contribution in [3.63, 3.8) is 0 Å². The van der Waals surface area contributed by atoms with Gasteiger partial charge in [-0.25, -0.2) is 4.79 Å². The molecule has 6 heteroatoms. The Kier molecular flexibility index (Phi) is 3.25. The molecule has 4 aromatic carbocycles. The van der Waals surface area contributed by atoms with Crippen LogP contribution in [0.25, 0.3) is 10.8 Å². The molecular weight excluding hydrogens is 404 g/mol. The van der Waals surface area contributed by atoms with Gasteiger partial charge in [-0.3, -0.25) is 0 Å². The number of halogens is 1. The normalized spacial score (nSPS) is 18.5. The lowest BCUT2D eigenvalue weighted by Gasteiger charge is -2.37. The highest BCUT2D eigenvalue weighted by Crippen LogP contribution is 2.58. The highest BCUT2D eigenvalue weighted by atomic mass is 35.5. The van der Waals surface area contributed by atoms with Crippen LogP contribution in [0.2, 0.25) is 5.02 Å². The number of hydrogen-bond donors (Lipinski definition) is 2. The summed E-state index contributed by atoms with van der Waals surface area (Å²) in [5.74, 6) is 0.396. The Balaban J connectivity index is 1.77. The third kappa shape index (κ3) is 2.05. The number of carbonyl (C=O) groups excluding carboxylic acids is 1. The lowest BCUT2D eigenvalue weighted by Crippen LogP contribution is -2.33. The molecule has 6 rings (SSSR count). The molecular formula is C24H13ClO5. The van der Waals surface area contributed by atoms with E-state index in [0.29, 0.717) is 44.5 Å². The van der Waals surface area contributed by atoms with Gasteiger partial charge in [0.1, 0.15) is 23.0 Å². The van der Waals surface area contributed by atoms with Crippen LogP contribution < -0.4 is 4.74 Å². The summed E-state index contributed by atoms with van der Waals surface area (Å²) >= 11 is 6.18. The quantitative estimate of drug-likeness (QED) is 0.371. The maximum Gasteiger partial charge on any atom is 0.340 e. The second kappa shape index (κ2) is 5.68. The zero-order chi connectivity index (χ0) is 20.6. The van der Waals surface area contributed by atoms with Crippen molar-refractivity contribution in [3.8, 4) is 23.0 Å². The van der Waals surface area contributed by atoms with Gasteiger partial charge in [0, 0.05) is 28.1 Å². The SMILES string of the molecule is O=C1OC2(c3ccc(O)cc3Oc3c2ccc2cc(O)c(Cl)cc32)c2ccccc21. The van der Waals surface area contributed by atoms with E-state index in [1.54, 1.807) is 36.4 Å². The Morgan fingerprint density at radius 1 is 0.867 bits per heavy atom. The minimum atomic E-state index is -1.22. The van der Waals surface area contributed by atoms with Gasteiger partial charge in [-0.2, -0.15) is 0 Å². The molecule has 0 amide bonds. The summed E-state index contributed by atoms with van der Waals surface area (Å²) in [6, 6.07) is 18.8. The summed E-state index contributed by atoms with van der Waals surface area (Å²) < 4.78 is 12.3. The summed E-state index contributed by atoms with van der Waals surface area (Å²) in [5, 5.41) is 21.6. The Morgan fingerprint density at radius 3 is 2.53 bits per heavy atom. The van der Waals surface area contributed by atoms with Crippen molar-refractivity contribution in [3.05, 3.63) is 94.0 Å². The molecule has 0 radical (unpaired) electrons. The summed E-state index contributed by atoms with van der Waals surface area (Å²) in [6.07, 6.45) is 0. The predicted octanol–water partition coefficient (Wildman–Crippen LogP) is 5.47. The number of phenols is 2. The van der Waals surface area contributed by atoms with Gasteiger partial charge in [0.15, 0.2) is 5.60 Å². The minimum absolute atomic E-state index is 0.0286. The van der Waals surface area contributed by atoms with Crippen molar-refractivity contribution in [2.45, 2.75) is 5.60 Å². The highest BCUT2D eigenvalue weighted by Gasteiger charge is 2.53. The number of aromatic hydroxyl groups is 2. The molecule has 4 aromatic rings. The lowest BCUT2D eigenvalue weighted by atomic mass is 9.77. The van der Waals surface area contributed by atoms with E-state index in [1.165, 1.54) is 6.07 Å². The van der Waals surface area contributed by atoms with Crippen LogP contribution in [-0.2, 0) is 10.3 Å². The number of carbonyl (C=O) groups is 1. The fraction of sp³-hybridized carbons (Fsp3) is 0.0417. The second-order valence-corrected chi connectivity index (χ2v) is 7.77. The molecule has 0 bridgehead atoms. The Hall–Kier alpha value is -3.70. The van der Waals surface area contributed by atoms with E-state index in [0.717, 1.165) is 0 Å². The molecule has 2 heterocycles. The standard InChI is InChI=1S/C24H13ClO5/c25-19-11-15-12(9-20(19)27)5-7-18-22(15)29-21-10-13(26)6-8-17(21)24(18)16-4-2-1-3-14(16)23(28)30-24/h1-11,26-27H. The van der Waals surface area contributed by atoms with Crippen LogP contribution in [-0.4, -0.2) is 16.2 Å². The van der Waals surface area contributed by atoms with E-state index >= 15 is 0 Å². The van der Waals surface area contributed by atoms with Crippen molar-refractivity contribution in [2.24, 2.45) is 0 Å². The van der Waals surface area contributed by atoms with Gasteiger partial charge < -0.3 is 19.7 Å². The number of esters is 1. The van der Waals surface area contributed by atoms with Crippen LogP contribution in [0.4, 0.5) is 0 Å². The third-order valence-electron chi connectivity index (χ3n) is 5.75. The van der Waals surface area contributed by atoms with E-state index in [-0.39, 0.29) is 16.5 Å². The number of rotatable bonds is 0. The van der Waals surface area contributed by atoms with Crippen molar-refractivity contribution in [1.29, 1.82) is 0 Å². The molecule has 0 fully saturated rings. The average molecular weight is 417 g/mol. The molecule has 1 atom stereocenters. The molecule has 2 aliphatic heterocycles. The number of ether oxygens (including phenoxy) is 2. The molecule has 0 saturated heterocycles. The van der Waals surface area contributed by atoms with Gasteiger partial charge in [-0.15, -0.1) is 0 Å². The molecule has 0 aliphatic carbocycles. The van der Waals surface area contributed by atoms with Gasteiger partial charge in [0.2, 0.25) is 0 Å². The molecule has 5 nitrogen and oxygen atoms in total. The smallest absolute Gasteiger partial charge is 0.340 e. The van der Waals surface area contributed by atoms with E-state index in [4.69, 9.17) is 21.1 Å². The van der Waals surface area contributed by atoms with Crippen LogP contribution >= 0.6 is 11.6 Å². The first-order valence-corrected chi connectivity index (χ1v) is 9.67. The molecule has 146 valence electrons. The molecule has 1 spiro atoms. The Bertz CT molecular complexity index is 1410. The third-order valence-corrected chi connectivity index (χ3v) is 6.05.